The summed E-state index contributed by atoms with van der Waals surface area (Å²) in [6.07, 6.45) is 0. The fourth-order valence-electron chi connectivity index (χ4n) is 3.09. The molecule has 0 aliphatic carbocycles. The van der Waals surface area contributed by atoms with E-state index in [4.69, 9.17) is 21.1 Å². The second kappa shape index (κ2) is 9.03. The van der Waals surface area contributed by atoms with Gasteiger partial charge in [0.05, 0.1) is 12.6 Å². The van der Waals surface area contributed by atoms with Crippen molar-refractivity contribution in [2.75, 3.05) is 40.0 Å². The maximum Gasteiger partial charge on any atom is 0.254 e. The van der Waals surface area contributed by atoms with Crippen molar-refractivity contribution in [3.8, 4) is 5.75 Å². The van der Waals surface area contributed by atoms with E-state index in [1.165, 1.54) is 0 Å². The van der Waals surface area contributed by atoms with Gasteiger partial charge < -0.3 is 19.7 Å². The quantitative estimate of drug-likeness (QED) is 0.789. The van der Waals surface area contributed by atoms with Crippen molar-refractivity contribution in [3.05, 3.63) is 64.7 Å². The molecular weight excluding hydrogens is 352 g/mol. The van der Waals surface area contributed by atoms with Crippen molar-refractivity contribution in [1.29, 1.82) is 0 Å². The number of nitrogens with one attached hydrogen (secondary N) is 1. The average Bonchev–Trinajstić information content (AvgIpc) is 2.68. The molecule has 0 aromatic heterocycles. The predicted octanol–water partition coefficient (Wildman–Crippen LogP) is 3.15. The van der Waals surface area contributed by atoms with Crippen molar-refractivity contribution in [2.45, 2.75) is 6.04 Å². The summed E-state index contributed by atoms with van der Waals surface area (Å²) >= 11 is 6.14. The molecule has 0 saturated carbocycles. The summed E-state index contributed by atoms with van der Waals surface area (Å²) in [6.45, 7) is 3.08. The lowest BCUT2D eigenvalue weighted by atomic mass is 10.0. The van der Waals surface area contributed by atoms with Crippen LogP contribution >= 0.6 is 11.6 Å². The number of hydrogen-bond donors (Lipinski definition) is 1. The van der Waals surface area contributed by atoms with Crippen LogP contribution in [-0.4, -0.2) is 50.8 Å². The van der Waals surface area contributed by atoms with Crippen LogP contribution in [-0.2, 0) is 4.74 Å². The summed E-state index contributed by atoms with van der Waals surface area (Å²) in [5.74, 6) is 0.663. The van der Waals surface area contributed by atoms with Gasteiger partial charge in [0.25, 0.3) is 5.91 Å². The Labute approximate surface area is 158 Å². The second-order valence-corrected chi connectivity index (χ2v) is 6.58. The van der Waals surface area contributed by atoms with Crippen LogP contribution in [0.4, 0.5) is 0 Å². The van der Waals surface area contributed by atoms with Gasteiger partial charge in [-0.3, -0.25) is 4.79 Å². The topological polar surface area (TPSA) is 50.8 Å². The van der Waals surface area contributed by atoms with E-state index in [2.05, 4.69) is 5.32 Å². The van der Waals surface area contributed by atoms with E-state index in [-0.39, 0.29) is 11.9 Å². The first-order valence-corrected chi connectivity index (χ1v) is 9.06. The summed E-state index contributed by atoms with van der Waals surface area (Å²) in [7, 11) is 1.63. The molecule has 0 bridgehead atoms. The Kier molecular flexibility index (Phi) is 6.50. The third kappa shape index (κ3) is 4.55. The smallest absolute Gasteiger partial charge is 0.254 e. The second-order valence-electron chi connectivity index (χ2n) is 6.14. The van der Waals surface area contributed by atoms with E-state index in [1.54, 1.807) is 13.2 Å². The molecule has 3 rings (SSSR count). The van der Waals surface area contributed by atoms with Gasteiger partial charge in [-0.1, -0.05) is 29.8 Å². The Morgan fingerprint density at radius 3 is 2.88 bits per heavy atom. The number of ether oxygens (including phenoxy) is 2. The molecule has 1 unspecified atom stereocenters. The summed E-state index contributed by atoms with van der Waals surface area (Å²) in [5, 5.41) is 4.03. The third-order valence-corrected chi connectivity index (χ3v) is 4.61. The van der Waals surface area contributed by atoms with Crippen LogP contribution in [0.1, 0.15) is 22.0 Å². The molecule has 5 nitrogen and oxygen atoms in total. The van der Waals surface area contributed by atoms with E-state index in [0.29, 0.717) is 42.6 Å². The fraction of sp³-hybridized carbons (Fsp3) is 0.350. The van der Waals surface area contributed by atoms with Crippen molar-refractivity contribution < 1.29 is 14.3 Å². The minimum atomic E-state index is -0.0481. The van der Waals surface area contributed by atoms with Crippen LogP contribution in [0, 0.1) is 0 Å². The first-order chi connectivity index (χ1) is 12.7. The number of carbonyl (C=O) groups excluding carboxylic acids is 1. The number of benzene rings is 2. The number of amides is 1. The zero-order valence-electron chi connectivity index (χ0n) is 14.8. The normalized spacial score (nSPS) is 17.2. The zero-order chi connectivity index (χ0) is 18.4. The number of carbonyl (C=O) groups is 1. The average molecular weight is 375 g/mol. The lowest BCUT2D eigenvalue weighted by Crippen LogP contribution is -2.48. The summed E-state index contributed by atoms with van der Waals surface area (Å²) in [6, 6.07) is 14.9. The molecule has 1 aliphatic rings. The van der Waals surface area contributed by atoms with E-state index in [9.17, 15) is 4.79 Å². The predicted molar refractivity (Wildman–Crippen MR) is 102 cm³/mol. The SMILES string of the molecule is COCCOc1cccc(C(=O)N2CCNCC2c2cccc(Cl)c2)c1. The highest BCUT2D eigenvalue weighted by atomic mass is 35.5. The molecule has 1 fully saturated rings. The van der Waals surface area contributed by atoms with Crippen molar-refractivity contribution in [3.63, 3.8) is 0 Å². The Morgan fingerprint density at radius 2 is 2.08 bits per heavy atom. The van der Waals surface area contributed by atoms with E-state index in [0.717, 1.165) is 12.1 Å². The lowest BCUT2D eigenvalue weighted by Gasteiger charge is -2.36. The number of nitrogens with zero attached hydrogens (tertiary/aromatic N) is 1. The molecule has 2 aromatic rings. The Balaban J connectivity index is 1.79. The molecule has 1 heterocycles. The van der Waals surface area contributed by atoms with Gasteiger partial charge in [0.1, 0.15) is 12.4 Å². The Bertz CT molecular complexity index is 753. The molecule has 6 heteroatoms. The summed E-state index contributed by atoms with van der Waals surface area (Å²) in [5.41, 5.74) is 1.65. The Morgan fingerprint density at radius 1 is 1.23 bits per heavy atom. The molecule has 1 atom stereocenters. The molecular formula is C20H23ClN2O3. The molecule has 1 aliphatic heterocycles. The van der Waals surface area contributed by atoms with Gasteiger partial charge in [0.15, 0.2) is 0 Å². The van der Waals surface area contributed by atoms with Crippen molar-refractivity contribution >= 4 is 17.5 Å². The van der Waals surface area contributed by atoms with Crippen LogP contribution in [0.5, 0.6) is 5.75 Å². The van der Waals surface area contributed by atoms with Crippen LogP contribution in [0.3, 0.4) is 0 Å². The monoisotopic (exact) mass is 374 g/mol. The van der Waals surface area contributed by atoms with Gasteiger partial charge in [0.2, 0.25) is 0 Å². The molecule has 1 N–H and O–H groups in total. The molecule has 0 spiro atoms. The highest BCUT2D eigenvalue weighted by Crippen LogP contribution is 2.27. The van der Waals surface area contributed by atoms with Crippen LogP contribution in [0.15, 0.2) is 48.5 Å². The van der Waals surface area contributed by atoms with Crippen LogP contribution in [0.2, 0.25) is 5.02 Å². The largest absolute Gasteiger partial charge is 0.491 e. The van der Waals surface area contributed by atoms with Gasteiger partial charge in [-0.05, 0) is 35.9 Å². The Hall–Kier alpha value is -2.08. The molecule has 1 saturated heterocycles. The zero-order valence-corrected chi connectivity index (χ0v) is 15.5. The highest BCUT2D eigenvalue weighted by Gasteiger charge is 2.28. The maximum absolute atomic E-state index is 13.1. The lowest BCUT2D eigenvalue weighted by molar-refractivity contribution is 0.0633. The first kappa shape index (κ1) is 18.7. The van der Waals surface area contributed by atoms with Gasteiger partial charge in [0, 0.05) is 37.3 Å². The molecule has 1 amide bonds. The van der Waals surface area contributed by atoms with E-state index < -0.39 is 0 Å². The van der Waals surface area contributed by atoms with Crippen molar-refractivity contribution in [1.82, 2.24) is 10.2 Å². The first-order valence-electron chi connectivity index (χ1n) is 8.68. The summed E-state index contributed by atoms with van der Waals surface area (Å²) in [4.78, 5) is 15.0. The van der Waals surface area contributed by atoms with Gasteiger partial charge in [-0.2, -0.15) is 0 Å². The minimum absolute atomic E-state index is 0.00586. The van der Waals surface area contributed by atoms with Crippen molar-refractivity contribution in [2.24, 2.45) is 0 Å². The van der Waals surface area contributed by atoms with Gasteiger partial charge >= 0.3 is 0 Å². The number of rotatable bonds is 6. The number of methoxy groups -OCH3 is 1. The third-order valence-electron chi connectivity index (χ3n) is 4.37. The number of hydrogen-bond acceptors (Lipinski definition) is 4. The number of piperazine rings is 1. The van der Waals surface area contributed by atoms with E-state index >= 15 is 0 Å². The molecule has 26 heavy (non-hydrogen) atoms. The highest BCUT2D eigenvalue weighted by molar-refractivity contribution is 6.30. The fourth-order valence-corrected chi connectivity index (χ4v) is 3.29. The minimum Gasteiger partial charge on any atom is -0.491 e. The number of halogens is 1. The van der Waals surface area contributed by atoms with E-state index in [1.807, 2.05) is 47.4 Å². The van der Waals surface area contributed by atoms with Gasteiger partial charge in [-0.15, -0.1) is 0 Å². The van der Waals surface area contributed by atoms with Gasteiger partial charge in [-0.25, -0.2) is 0 Å². The van der Waals surface area contributed by atoms with Crippen LogP contribution < -0.4 is 10.1 Å². The standard InChI is InChI=1S/C20H23ClN2O3/c1-25-10-11-26-18-7-3-5-16(13-18)20(24)23-9-8-22-14-19(23)15-4-2-6-17(21)12-15/h2-7,12-13,19,22H,8-11,14H2,1H3. The molecule has 2 aromatic carbocycles. The molecule has 138 valence electrons. The maximum atomic E-state index is 13.1. The summed E-state index contributed by atoms with van der Waals surface area (Å²) < 4.78 is 10.6. The molecule has 0 radical (unpaired) electrons. The van der Waals surface area contributed by atoms with Crippen LogP contribution in [0.25, 0.3) is 0 Å².